The minimum atomic E-state index is -3.03. The maximum absolute atomic E-state index is 12.7. The van der Waals surface area contributed by atoms with E-state index >= 15 is 0 Å². The Hall–Kier alpha value is -1.60. The first-order valence-corrected chi connectivity index (χ1v) is 11.4. The van der Waals surface area contributed by atoms with Crippen molar-refractivity contribution in [1.29, 1.82) is 0 Å². The lowest BCUT2D eigenvalue weighted by atomic mass is 10.2. The third-order valence-corrected chi connectivity index (χ3v) is 7.77. The summed E-state index contributed by atoms with van der Waals surface area (Å²) in [4.78, 5) is 17.0. The fourth-order valence-corrected chi connectivity index (χ4v) is 6.48. The van der Waals surface area contributed by atoms with E-state index in [1.807, 2.05) is 18.2 Å². The second-order valence-electron chi connectivity index (χ2n) is 6.68. The van der Waals surface area contributed by atoms with Gasteiger partial charge in [0.25, 0.3) is 0 Å². The molecule has 1 saturated heterocycles. The normalized spacial score (nSPS) is 21.4. The number of benzene rings is 1. The SMILES string of the molecule is O=c1nc(SCc2ccccc2)c2c(n1C1CCS(=O)(=O)C1)CCC2. The van der Waals surface area contributed by atoms with Crippen molar-refractivity contribution in [1.82, 2.24) is 9.55 Å². The Bertz CT molecular complexity index is 952. The molecule has 0 bridgehead atoms. The zero-order valence-corrected chi connectivity index (χ0v) is 15.5. The molecule has 25 heavy (non-hydrogen) atoms. The maximum atomic E-state index is 12.7. The summed E-state index contributed by atoms with van der Waals surface area (Å²) < 4.78 is 25.3. The molecule has 1 aliphatic carbocycles. The van der Waals surface area contributed by atoms with Gasteiger partial charge in [-0.2, -0.15) is 4.98 Å². The van der Waals surface area contributed by atoms with E-state index in [1.54, 1.807) is 16.3 Å². The molecule has 1 fully saturated rings. The molecule has 1 aromatic carbocycles. The van der Waals surface area contributed by atoms with E-state index in [0.717, 1.165) is 41.3 Å². The summed E-state index contributed by atoms with van der Waals surface area (Å²) in [6.45, 7) is 0. The van der Waals surface area contributed by atoms with Crippen LogP contribution in [0, 0.1) is 0 Å². The number of rotatable bonds is 4. The van der Waals surface area contributed by atoms with Gasteiger partial charge in [-0.05, 0) is 31.2 Å². The van der Waals surface area contributed by atoms with Crippen LogP contribution in [0.4, 0.5) is 0 Å². The summed E-state index contributed by atoms with van der Waals surface area (Å²) in [6.07, 6.45) is 3.27. The molecule has 1 atom stereocenters. The molecule has 0 radical (unpaired) electrons. The van der Waals surface area contributed by atoms with Crippen LogP contribution in [0.2, 0.25) is 0 Å². The molecule has 1 aliphatic heterocycles. The second-order valence-corrected chi connectivity index (χ2v) is 9.87. The monoisotopic (exact) mass is 376 g/mol. The van der Waals surface area contributed by atoms with Crippen molar-refractivity contribution in [2.24, 2.45) is 0 Å². The molecular formula is C18H20N2O3S2. The van der Waals surface area contributed by atoms with Crippen LogP contribution in [-0.4, -0.2) is 29.5 Å². The number of aromatic nitrogens is 2. The number of nitrogens with zero attached hydrogens (tertiary/aromatic N) is 2. The van der Waals surface area contributed by atoms with E-state index in [1.165, 1.54) is 5.56 Å². The van der Waals surface area contributed by atoms with Gasteiger partial charge in [0.05, 0.1) is 17.5 Å². The first-order valence-electron chi connectivity index (χ1n) is 8.55. The lowest BCUT2D eigenvalue weighted by Gasteiger charge is -2.18. The molecule has 2 heterocycles. The van der Waals surface area contributed by atoms with Crippen LogP contribution in [-0.2, 0) is 28.4 Å². The van der Waals surface area contributed by atoms with Crippen molar-refractivity contribution in [3.8, 4) is 0 Å². The average Bonchev–Trinajstić information content (AvgIpc) is 3.20. The van der Waals surface area contributed by atoms with E-state index < -0.39 is 9.84 Å². The Labute approximate surface area is 151 Å². The highest BCUT2D eigenvalue weighted by molar-refractivity contribution is 7.98. The Balaban J connectivity index is 1.66. The largest absolute Gasteiger partial charge is 0.349 e. The molecule has 7 heteroatoms. The maximum Gasteiger partial charge on any atom is 0.349 e. The third kappa shape index (κ3) is 3.40. The summed E-state index contributed by atoms with van der Waals surface area (Å²) in [5.74, 6) is 1.02. The van der Waals surface area contributed by atoms with Gasteiger partial charge >= 0.3 is 5.69 Å². The molecule has 4 rings (SSSR count). The Morgan fingerprint density at radius 1 is 1.20 bits per heavy atom. The molecule has 0 amide bonds. The van der Waals surface area contributed by atoms with Gasteiger partial charge in [0.1, 0.15) is 5.03 Å². The molecular weight excluding hydrogens is 356 g/mol. The third-order valence-electron chi connectivity index (χ3n) is 4.93. The Kier molecular flexibility index (Phi) is 4.45. The van der Waals surface area contributed by atoms with Crippen LogP contribution in [0.15, 0.2) is 40.2 Å². The van der Waals surface area contributed by atoms with Crippen LogP contribution in [0.5, 0.6) is 0 Å². The van der Waals surface area contributed by atoms with Crippen molar-refractivity contribution in [2.45, 2.75) is 42.5 Å². The van der Waals surface area contributed by atoms with Gasteiger partial charge in [-0.25, -0.2) is 13.2 Å². The van der Waals surface area contributed by atoms with Gasteiger partial charge in [0, 0.05) is 17.0 Å². The highest BCUT2D eigenvalue weighted by Gasteiger charge is 2.33. The first kappa shape index (κ1) is 16.8. The fourth-order valence-electron chi connectivity index (χ4n) is 3.75. The van der Waals surface area contributed by atoms with Gasteiger partial charge in [-0.3, -0.25) is 4.57 Å². The number of hydrogen-bond donors (Lipinski definition) is 0. The number of fused-ring (bicyclic) bond motifs is 1. The second kappa shape index (κ2) is 6.61. The molecule has 1 unspecified atom stereocenters. The minimum absolute atomic E-state index is 0.0670. The molecule has 5 nitrogen and oxygen atoms in total. The molecule has 1 aromatic heterocycles. The lowest BCUT2D eigenvalue weighted by Crippen LogP contribution is -2.31. The van der Waals surface area contributed by atoms with Gasteiger partial charge in [0.15, 0.2) is 9.84 Å². The number of hydrogen-bond acceptors (Lipinski definition) is 5. The summed E-state index contributed by atoms with van der Waals surface area (Å²) in [5, 5.41) is 0.818. The van der Waals surface area contributed by atoms with E-state index in [2.05, 4.69) is 17.1 Å². The molecule has 132 valence electrons. The van der Waals surface area contributed by atoms with Crippen molar-refractivity contribution in [3.63, 3.8) is 0 Å². The topological polar surface area (TPSA) is 69.0 Å². The number of sulfone groups is 1. The summed E-state index contributed by atoms with van der Waals surface area (Å²) in [5.41, 5.74) is 3.06. The Morgan fingerprint density at radius 2 is 2.00 bits per heavy atom. The summed E-state index contributed by atoms with van der Waals surface area (Å²) >= 11 is 1.60. The average molecular weight is 377 g/mol. The summed E-state index contributed by atoms with van der Waals surface area (Å²) in [7, 11) is -3.03. The van der Waals surface area contributed by atoms with Crippen molar-refractivity contribution in [2.75, 3.05) is 11.5 Å². The molecule has 2 aliphatic rings. The highest BCUT2D eigenvalue weighted by Crippen LogP contribution is 2.33. The van der Waals surface area contributed by atoms with Crippen LogP contribution in [0.3, 0.4) is 0 Å². The molecule has 0 saturated carbocycles. The lowest BCUT2D eigenvalue weighted by molar-refractivity contribution is 0.502. The predicted molar refractivity (Wildman–Crippen MR) is 98.8 cm³/mol. The fraction of sp³-hybridized carbons (Fsp3) is 0.444. The predicted octanol–water partition coefficient (Wildman–Crippen LogP) is 2.38. The summed E-state index contributed by atoms with van der Waals surface area (Å²) in [6, 6.07) is 9.89. The molecule has 2 aromatic rings. The van der Waals surface area contributed by atoms with Crippen molar-refractivity contribution in [3.05, 3.63) is 57.6 Å². The molecule has 0 spiro atoms. The quantitative estimate of drug-likeness (QED) is 0.605. The van der Waals surface area contributed by atoms with Gasteiger partial charge in [0.2, 0.25) is 0 Å². The highest BCUT2D eigenvalue weighted by atomic mass is 32.2. The van der Waals surface area contributed by atoms with E-state index in [9.17, 15) is 13.2 Å². The van der Waals surface area contributed by atoms with Gasteiger partial charge < -0.3 is 0 Å². The smallest absolute Gasteiger partial charge is 0.292 e. The van der Waals surface area contributed by atoms with E-state index in [0.29, 0.717) is 6.42 Å². The standard InChI is InChI=1S/C18H20N2O3S2/c21-18-19-17(24-11-13-5-2-1-3-6-13)15-7-4-8-16(15)20(18)14-9-10-25(22,23)12-14/h1-3,5-6,14H,4,7-12H2. The molecule has 0 N–H and O–H groups in total. The number of thioether (sulfide) groups is 1. The Morgan fingerprint density at radius 3 is 2.72 bits per heavy atom. The van der Waals surface area contributed by atoms with E-state index in [-0.39, 0.29) is 23.2 Å². The van der Waals surface area contributed by atoms with Crippen molar-refractivity contribution < 1.29 is 8.42 Å². The van der Waals surface area contributed by atoms with Crippen LogP contribution < -0.4 is 5.69 Å². The van der Waals surface area contributed by atoms with Crippen molar-refractivity contribution >= 4 is 21.6 Å². The first-order chi connectivity index (χ1) is 12.0. The van der Waals surface area contributed by atoms with Crippen LogP contribution in [0.25, 0.3) is 0 Å². The van der Waals surface area contributed by atoms with Crippen LogP contribution in [0.1, 0.15) is 35.7 Å². The minimum Gasteiger partial charge on any atom is -0.292 e. The zero-order valence-electron chi connectivity index (χ0n) is 13.8. The van der Waals surface area contributed by atoms with Gasteiger partial charge in [-0.15, -0.1) is 11.8 Å². The van der Waals surface area contributed by atoms with Crippen LogP contribution >= 0.6 is 11.8 Å². The zero-order chi connectivity index (χ0) is 17.4. The van der Waals surface area contributed by atoms with Gasteiger partial charge in [-0.1, -0.05) is 30.3 Å². The van der Waals surface area contributed by atoms with E-state index in [4.69, 9.17) is 0 Å².